The minimum absolute atomic E-state index is 0.422. The zero-order valence-corrected chi connectivity index (χ0v) is 19.7. The highest BCUT2D eigenvalue weighted by Gasteiger charge is 2.15. The normalized spacial score (nSPS) is 11.3. The minimum atomic E-state index is -0.530. The van der Waals surface area contributed by atoms with Gasteiger partial charge in [0.1, 0.15) is 18.4 Å². The van der Waals surface area contributed by atoms with Crippen LogP contribution in [0.2, 0.25) is 0 Å². The summed E-state index contributed by atoms with van der Waals surface area (Å²) in [5.74, 6) is 0.814. The molecular formula is C29H23BrN2O. The van der Waals surface area contributed by atoms with Gasteiger partial charge in [0.15, 0.2) is 0 Å². The van der Waals surface area contributed by atoms with E-state index in [-0.39, 0.29) is 0 Å². The Hall–Kier alpha value is -3.68. The number of nitrogens with zero attached hydrogens (tertiary/aromatic N) is 2. The fourth-order valence-corrected chi connectivity index (χ4v) is 4.01. The lowest BCUT2D eigenvalue weighted by molar-refractivity contribution is 0.305. The van der Waals surface area contributed by atoms with Gasteiger partial charge >= 0.3 is 0 Å². The van der Waals surface area contributed by atoms with Crippen molar-refractivity contribution in [2.45, 2.75) is 19.1 Å². The summed E-state index contributed by atoms with van der Waals surface area (Å²) >= 11 is 3.56. The van der Waals surface area contributed by atoms with E-state index in [1.165, 1.54) is 0 Å². The number of ether oxygens (including phenoxy) is 1. The molecule has 4 heteroatoms. The fourth-order valence-electron chi connectivity index (χ4n) is 3.60. The first-order valence-corrected chi connectivity index (χ1v) is 11.6. The molecule has 0 aromatic heterocycles. The Labute approximate surface area is 203 Å². The maximum atomic E-state index is 9.99. The van der Waals surface area contributed by atoms with Gasteiger partial charge in [-0.1, -0.05) is 101 Å². The molecule has 0 heterocycles. The van der Waals surface area contributed by atoms with Gasteiger partial charge in [-0.25, -0.2) is 0 Å². The van der Waals surface area contributed by atoms with Crippen LogP contribution >= 0.6 is 15.9 Å². The number of benzene rings is 4. The van der Waals surface area contributed by atoms with Crippen molar-refractivity contribution >= 4 is 21.6 Å². The Morgan fingerprint density at radius 3 is 1.94 bits per heavy atom. The van der Waals surface area contributed by atoms with Crippen molar-refractivity contribution in [3.05, 3.63) is 136 Å². The van der Waals surface area contributed by atoms with Crippen molar-refractivity contribution in [2.75, 3.05) is 0 Å². The van der Waals surface area contributed by atoms with Crippen LogP contribution in [0.1, 0.15) is 22.3 Å². The fraction of sp³-hybridized carbons (Fsp3) is 0.103. The van der Waals surface area contributed by atoms with Crippen LogP contribution in [0.3, 0.4) is 0 Å². The summed E-state index contributed by atoms with van der Waals surface area (Å²) in [5.41, 5.74) is 4.89. The van der Waals surface area contributed by atoms with E-state index in [2.05, 4.69) is 22.0 Å². The van der Waals surface area contributed by atoms with Gasteiger partial charge < -0.3 is 4.74 Å². The summed E-state index contributed by atoms with van der Waals surface area (Å²) in [4.78, 5) is 4.92. The first-order valence-electron chi connectivity index (χ1n) is 10.8. The highest BCUT2D eigenvalue weighted by atomic mass is 79.9. The van der Waals surface area contributed by atoms with E-state index < -0.39 is 6.04 Å². The topological polar surface area (TPSA) is 45.4 Å². The van der Waals surface area contributed by atoms with E-state index in [0.29, 0.717) is 13.0 Å². The molecule has 0 saturated carbocycles. The third-order valence-corrected chi connectivity index (χ3v) is 5.74. The molecule has 33 heavy (non-hydrogen) atoms. The Kier molecular flexibility index (Phi) is 7.68. The van der Waals surface area contributed by atoms with Crippen molar-refractivity contribution in [3.63, 3.8) is 0 Å². The number of nitriles is 1. The number of rotatable bonds is 8. The summed E-state index contributed by atoms with van der Waals surface area (Å²) in [6.45, 7) is 0.422. The lowest BCUT2D eigenvalue weighted by atomic mass is 9.99. The van der Waals surface area contributed by atoms with Crippen LogP contribution in [0, 0.1) is 11.3 Å². The Balaban J connectivity index is 1.63. The smallest absolute Gasteiger partial charge is 0.141 e. The summed E-state index contributed by atoms with van der Waals surface area (Å²) < 4.78 is 6.96. The average molecular weight is 495 g/mol. The molecule has 4 rings (SSSR count). The van der Waals surface area contributed by atoms with Crippen LogP contribution in [-0.2, 0) is 13.0 Å². The molecule has 0 bridgehead atoms. The van der Waals surface area contributed by atoms with Crippen LogP contribution in [0.5, 0.6) is 5.75 Å². The molecule has 0 saturated heterocycles. The molecule has 4 aromatic rings. The van der Waals surface area contributed by atoms with Gasteiger partial charge in [0.05, 0.1) is 11.8 Å². The molecule has 162 valence electrons. The van der Waals surface area contributed by atoms with Crippen LogP contribution in [0.4, 0.5) is 0 Å². The average Bonchev–Trinajstić information content (AvgIpc) is 2.88. The van der Waals surface area contributed by atoms with E-state index in [9.17, 15) is 5.26 Å². The molecule has 4 aromatic carbocycles. The van der Waals surface area contributed by atoms with E-state index >= 15 is 0 Å². The highest BCUT2D eigenvalue weighted by molar-refractivity contribution is 9.10. The van der Waals surface area contributed by atoms with Gasteiger partial charge in [-0.15, -0.1) is 0 Å². The first kappa shape index (κ1) is 22.5. The second kappa shape index (κ2) is 11.3. The van der Waals surface area contributed by atoms with Crippen molar-refractivity contribution < 1.29 is 4.74 Å². The molecule has 3 nitrogen and oxygen atoms in total. The maximum Gasteiger partial charge on any atom is 0.141 e. The van der Waals surface area contributed by atoms with Gasteiger partial charge in [0.2, 0.25) is 0 Å². The summed E-state index contributed by atoms with van der Waals surface area (Å²) in [5, 5.41) is 9.99. The molecule has 1 unspecified atom stereocenters. The van der Waals surface area contributed by atoms with Crippen LogP contribution in [0.15, 0.2) is 119 Å². The molecule has 0 spiro atoms. The van der Waals surface area contributed by atoms with E-state index in [4.69, 9.17) is 9.73 Å². The molecule has 0 aliphatic carbocycles. The molecule has 0 aliphatic rings. The van der Waals surface area contributed by atoms with Crippen molar-refractivity contribution in [3.8, 4) is 11.8 Å². The third kappa shape index (κ3) is 6.19. The predicted molar refractivity (Wildman–Crippen MR) is 137 cm³/mol. The first-order chi connectivity index (χ1) is 16.2. The van der Waals surface area contributed by atoms with E-state index in [0.717, 1.165) is 38.2 Å². The largest absolute Gasteiger partial charge is 0.489 e. The van der Waals surface area contributed by atoms with Gasteiger partial charge in [-0.05, 0) is 35.4 Å². The number of hydrogen-bond acceptors (Lipinski definition) is 3. The number of hydrogen-bond donors (Lipinski definition) is 0. The maximum absolute atomic E-state index is 9.99. The second-order valence-corrected chi connectivity index (χ2v) is 8.49. The molecule has 0 amide bonds. The SMILES string of the molecule is N#CC(Cc1ccc(Br)cc1COc1ccccc1)N=C(c1ccccc1)c1ccccc1. The minimum Gasteiger partial charge on any atom is -0.489 e. The lowest BCUT2D eigenvalue weighted by Crippen LogP contribution is -2.14. The molecule has 0 radical (unpaired) electrons. The lowest BCUT2D eigenvalue weighted by Gasteiger charge is -2.15. The third-order valence-electron chi connectivity index (χ3n) is 5.25. The van der Waals surface area contributed by atoms with Crippen LogP contribution < -0.4 is 4.74 Å². The Morgan fingerprint density at radius 1 is 0.788 bits per heavy atom. The van der Waals surface area contributed by atoms with Crippen LogP contribution in [0.25, 0.3) is 0 Å². The monoisotopic (exact) mass is 494 g/mol. The van der Waals surface area contributed by atoms with Crippen molar-refractivity contribution in [1.82, 2.24) is 0 Å². The molecule has 0 aliphatic heterocycles. The Bertz CT molecular complexity index is 1210. The molecular weight excluding hydrogens is 472 g/mol. The zero-order chi connectivity index (χ0) is 22.9. The summed E-state index contributed by atoms with van der Waals surface area (Å²) in [7, 11) is 0. The van der Waals surface area contributed by atoms with E-state index in [1.54, 1.807) is 0 Å². The zero-order valence-electron chi connectivity index (χ0n) is 18.1. The molecule has 0 N–H and O–H groups in total. The van der Waals surface area contributed by atoms with Gasteiger partial charge in [0, 0.05) is 22.0 Å². The van der Waals surface area contributed by atoms with Crippen molar-refractivity contribution in [1.29, 1.82) is 5.26 Å². The standard InChI is InChI=1S/C29H23BrN2O/c30-26-17-16-24(25(18-26)21-33-28-14-8-3-9-15-28)19-27(20-31)32-29(22-10-4-1-5-11-22)23-12-6-2-7-13-23/h1-18,27H,19,21H2. The van der Waals surface area contributed by atoms with Crippen molar-refractivity contribution in [2.24, 2.45) is 4.99 Å². The predicted octanol–water partition coefficient (Wildman–Crippen LogP) is 7.00. The quantitative estimate of drug-likeness (QED) is 0.247. The molecule has 1 atom stereocenters. The Morgan fingerprint density at radius 2 is 1.36 bits per heavy atom. The highest BCUT2D eigenvalue weighted by Crippen LogP contribution is 2.22. The van der Waals surface area contributed by atoms with Crippen LogP contribution in [-0.4, -0.2) is 11.8 Å². The molecule has 0 fully saturated rings. The van der Waals surface area contributed by atoms with E-state index in [1.807, 2.05) is 109 Å². The van der Waals surface area contributed by atoms with Gasteiger partial charge in [-0.2, -0.15) is 5.26 Å². The number of halogens is 1. The number of para-hydroxylation sites is 1. The number of aliphatic imine (C=N–C) groups is 1. The van der Waals surface area contributed by atoms with Gasteiger partial charge in [-0.3, -0.25) is 4.99 Å². The second-order valence-electron chi connectivity index (χ2n) is 7.57. The summed E-state index contributed by atoms with van der Waals surface area (Å²) in [6, 6.07) is 37.7. The summed E-state index contributed by atoms with van der Waals surface area (Å²) in [6.07, 6.45) is 0.500. The van der Waals surface area contributed by atoms with Gasteiger partial charge in [0.25, 0.3) is 0 Å².